The average molecular weight is 461 g/mol. The third kappa shape index (κ3) is 4.45. The van der Waals surface area contributed by atoms with Gasteiger partial charge in [-0.25, -0.2) is 0 Å². The number of benzene rings is 2. The lowest BCUT2D eigenvalue weighted by Crippen LogP contribution is -2.36. The van der Waals surface area contributed by atoms with Gasteiger partial charge in [-0.15, -0.1) is 0 Å². The molecule has 1 fully saturated rings. The van der Waals surface area contributed by atoms with Gasteiger partial charge in [0.1, 0.15) is 12.3 Å². The van der Waals surface area contributed by atoms with E-state index in [0.717, 1.165) is 27.8 Å². The maximum Gasteiger partial charge on any atom is 0.294 e. The van der Waals surface area contributed by atoms with Crippen LogP contribution in [-0.2, 0) is 9.59 Å². The number of imide groups is 1. The number of rotatable bonds is 4. The fraction of sp³-hybridized carbons (Fsp3) is 0.150. The molecule has 3 rings (SSSR count). The molecule has 6 nitrogen and oxygen atoms in total. The molecule has 1 saturated heterocycles. The Morgan fingerprint density at radius 3 is 2.61 bits per heavy atom. The lowest BCUT2D eigenvalue weighted by molar-refractivity contribution is -0.127. The summed E-state index contributed by atoms with van der Waals surface area (Å²) in [7, 11) is 0. The van der Waals surface area contributed by atoms with Crippen molar-refractivity contribution in [3.63, 3.8) is 0 Å². The predicted octanol–water partition coefficient (Wildman–Crippen LogP) is 4.45. The topological polar surface area (TPSA) is 86.7 Å². The summed E-state index contributed by atoms with van der Waals surface area (Å²) < 4.78 is 0.480. The first-order chi connectivity index (χ1) is 13.2. The predicted molar refractivity (Wildman–Crippen MR) is 113 cm³/mol. The number of amides is 3. The number of thioether (sulfide) groups is 1. The van der Waals surface area contributed by atoms with Gasteiger partial charge in [0, 0.05) is 5.69 Å². The van der Waals surface area contributed by atoms with Crippen LogP contribution in [0, 0.1) is 13.8 Å². The van der Waals surface area contributed by atoms with Gasteiger partial charge in [0.15, 0.2) is 0 Å². The molecule has 0 atom stereocenters. The number of phenolic OH excluding ortho intramolecular Hbond substituents is 1. The van der Waals surface area contributed by atoms with Crippen molar-refractivity contribution in [2.45, 2.75) is 13.8 Å². The first kappa shape index (κ1) is 20.2. The summed E-state index contributed by atoms with van der Waals surface area (Å²) in [6.07, 6.45) is 1.55. The van der Waals surface area contributed by atoms with E-state index in [-0.39, 0.29) is 17.2 Å². The fourth-order valence-electron chi connectivity index (χ4n) is 2.56. The minimum atomic E-state index is -0.519. The molecule has 2 aromatic carbocycles. The van der Waals surface area contributed by atoms with E-state index >= 15 is 0 Å². The van der Waals surface area contributed by atoms with Crippen molar-refractivity contribution < 1.29 is 19.5 Å². The van der Waals surface area contributed by atoms with Crippen molar-refractivity contribution in [1.82, 2.24) is 4.90 Å². The van der Waals surface area contributed by atoms with Gasteiger partial charge in [-0.2, -0.15) is 0 Å². The summed E-state index contributed by atoms with van der Waals surface area (Å²) >= 11 is 3.99. The molecule has 0 spiro atoms. The van der Waals surface area contributed by atoms with Crippen LogP contribution in [-0.4, -0.2) is 33.6 Å². The van der Waals surface area contributed by atoms with Crippen molar-refractivity contribution >= 4 is 56.5 Å². The van der Waals surface area contributed by atoms with Crippen LogP contribution < -0.4 is 5.32 Å². The normalized spacial score (nSPS) is 15.4. The second-order valence-electron chi connectivity index (χ2n) is 6.33. The SMILES string of the molecule is Cc1ccc(NC(=O)CN2C(=O)SC(=Cc3ccc(O)c(Br)c3)C2=O)cc1C. The number of carbonyl (C=O) groups is 3. The number of nitrogens with zero attached hydrogens (tertiary/aromatic N) is 1. The van der Waals surface area contributed by atoms with Gasteiger partial charge in [0.05, 0.1) is 9.38 Å². The standard InChI is InChI=1S/C20H17BrN2O4S/c1-11-3-5-14(7-12(11)2)22-18(25)10-23-19(26)17(28-20(23)27)9-13-4-6-16(24)15(21)8-13/h3-9,24H,10H2,1-2H3,(H,22,25). The summed E-state index contributed by atoms with van der Waals surface area (Å²) in [5.41, 5.74) is 3.40. The first-order valence-corrected chi connectivity index (χ1v) is 9.96. The maximum absolute atomic E-state index is 12.5. The third-order valence-electron chi connectivity index (χ3n) is 4.24. The van der Waals surface area contributed by atoms with E-state index in [1.165, 1.54) is 6.07 Å². The minimum Gasteiger partial charge on any atom is -0.507 e. The van der Waals surface area contributed by atoms with E-state index in [0.29, 0.717) is 15.7 Å². The zero-order valence-electron chi connectivity index (χ0n) is 15.2. The number of hydrogen-bond donors (Lipinski definition) is 2. The van der Waals surface area contributed by atoms with Gasteiger partial charge < -0.3 is 10.4 Å². The molecule has 0 unspecified atom stereocenters. The molecule has 1 aliphatic rings. The Labute approximate surface area is 174 Å². The molecule has 2 aromatic rings. The molecular formula is C20H17BrN2O4S. The second kappa shape index (κ2) is 8.20. The monoisotopic (exact) mass is 460 g/mol. The Morgan fingerprint density at radius 2 is 1.93 bits per heavy atom. The van der Waals surface area contributed by atoms with Crippen LogP contribution in [0.2, 0.25) is 0 Å². The van der Waals surface area contributed by atoms with Crippen LogP contribution in [0.15, 0.2) is 45.8 Å². The molecule has 3 amide bonds. The highest BCUT2D eigenvalue weighted by molar-refractivity contribution is 9.10. The molecule has 28 heavy (non-hydrogen) atoms. The Balaban J connectivity index is 1.70. The van der Waals surface area contributed by atoms with Crippen LogP contribution >= 0.6 is 27.7 Å². The quantitative estimate of drug-likeness (QED) is 0.658. The fourth-order valence-corrected chi connectivity index (χ4v) is 3.80. The smallest absolute Gasteiger partial charge is 0.294 e. The summed E-state index contributed by atoms with van der Waals surface area (Å²) in [6, 6.07) is 10.2. The zero-order valence-corrected chi connectivity index (χ0v) is 17.6. The Bertz CT molecular complexity index is 1020. The number of aryl methyl sites for hydroxylation is 2. The van der Waals surface area contributed by atoms with Gasteiger partial charge >= 0.3 is 0 Å². The van der Waals surface area contributed by atoms with Crippen molar-refractivity contribution in [2.75, 3.05) is 11.9 Å². The van der Waals surface area contributed by atoms with Crippen molar-refractivity contribution in [3.05, 3.63) is 62.5 Å². The molecular weight excluding hydrogens is 444 g/mol. The molecule has 0 aliphatic carbocycles. The number of anilines is 1. The lowest BCUT2D eigenvalue weighted by Gasteiger charge is -2.13. The van der Waals surface area contributed by atoms with Crippen LogP contribution in [0.5, 0.6) is 5.75 Å². The summed E-state index contributed by atoms with van der Waals surface area (Å²) in [6.45, 7) is 3.56. The Hall–Kier alpha value is -2.58. The first-order valence-electron chi connectivity index (χ1n) is 8.35. The minimum absolute atomic E-state index is 0.0771. The lowest BCUT2D eigenvalue weighted by atomic mass is 10.1. The molecule has 8 heteroatoms. The van der Waals surface area contributed by atoms with Gasteiger partial charge in [-0.1, -0.05) is 12.1 Å². The van der Waals surface area contributed by atoms with Crippen LogP contribution in [0.1, 0.15) is 16.7 Å². The summed E-state index contributed by atoms with van der Waals surface area (Å²) in [4.78, 5) is 38.2. The third-order valence-corrected chi connectivity index (χ3v) is 5.78. The number of carbonyl (C=O) groups excluding carboxylic acids is 3. The Kier molecular flexibility index (Phi) is 5.90. The highest BCUT2D eigenvalue weighted by atomic mass is 79.9. The van der Waals surface area contributed by atoms with Gasteiger partial charge in [0.25, 0.3) is 11.1 Å². The molecule has 2 N–H and O–H groups in total. The summed E-state index contributed by atoms with van der Waals surface area (Å²) in [5, 5.41) is 11.8. The van der Waals surface area contributed by atoms with E-state index in [9.17, 15) is 19.5 Å². The van der Waals surface area contributed by atoms with E-state index < -0.39 is 17.1 Å². The van der Waals surface area contributed by atoms with E-state index in [4.69, 9.17) is 0 Å². The van der Waals surface area contributed by atoms with Gasteiger partial charge in [-0.3, -0.25) is 19.3 Å². The van der Waals surface area contributed by atoms with Crippen LogP contribution in [0.25, 0.3) is 6.08 Å². The highest BCUT2D eigenvalue weighted by Crippen LogP contribution is 2.33. The number of nitrogens with one attached hydrogen (secondary N) is 1. The van der Waals surface area contributed by atoms with Gasteiger partial charge in [-0.05, 0) is 88.6 Å². The van der Waals surface area contributed by atoms with Crippen molar-refractivity contribution in [1.29, 1.82) is 0 Å². The summed E-state index contributed by atoms with van der Waals surface area (Å²) in [5.74, 6) is -0.887. The van der Waals surface area contributed by atoms with E-state index in [2.05, 4.69) is 21.2 Å². The number of phenols is 1. The van der Waals surface area contributed by atoms with E-state index in [1.54, 1.807) is 24.3 Å². The maximum atomic E-state index is 12.5. The molecule has 0 radical (unpaired) electrons. The number of halogens is 1. The number of aromatic hydroxyl groups is 1. The van der Waals surface area contributed by atoms with Crippen molar-refractivity contribution in [3.8, 4) is 5.75 Å². The molecule has 0 bridgehead atoms. The molecule has 144 valence electrons. The average Bonchev–Trinajstić information content (AvgIpc) is 2.89. The van der Waals surface area contributed by atoms with Crippen LogP contribution in [0.3, 0.4) is 0 Å². The van der Waals surface area contributed by atoms with Crippen LogP contribution in [0.4, 0.5) is 10.5 Å². The molecule has 0 saturated carbocycles. The number of hydrogen-bond acceptors (Lipinski definition) is 5. The van der Waals surface area contributed by atoms with Crippen molar-refractivity contribution in [2.24, 2.45) is 0 Å². The molecule has 1 aliphatic heterocycles. The Morgan fingerprint density at radius 1 is 1.18 bits per heavy atom. The van der Waals surface area contributed by atoms with E-state index in [1.807, 2.05) is 26.0 Å². The largest absolute Gasteiger partial charge is 0.507 e. The van der Waals surface area contributed by atoms with Gasteiger partial charge in [0.2, 0.25) is 5.91 Å². The molecule has 1 heterocycles. The second-order valence-corrected chi connectivity index (χ2v) is 8.17. The molecule has 0 aromatic heterocycles. The zero-order chi connectivity index (χ0) is 20.4. The highest BCUT2D eigenvalue weighted by Gasteiger charge is 2.36.